The van der Waals surface area contributed by atoms with Gasteiger partial charge in [0.15, 0.2) is 6.29 Å². The molecule has 3 aliphatic rings. The molecule has 0 aromatic heterocycles. The van der Waals surface area contributed by atoms with Gasteiger partial charge in [-0.05, 0) is 44.8 Å². The predicted molar refractivity (Wildman–Crippen MR) is 103 cm³/mol. The Labute approximate surface area is 170 Å². The first-order chi connectivity index (χ1) is 13.7. The molecule has 1 aliphatic carbocycles. The third-order valence-electron chi connectivity index (χ3n) is 6.32. The number of hydrogen-bond acceptors (Lipinski definition) is 8. The number of rotatable bonds is 3. The Morgan fingerprint density at radius 2 is 1.90 bits per heavy atom. The minimum Gasteiger partial charge on any atom is -0.458 e. The van der Waals surface area contributed by atoms with Crippen LogP contribution in [0.5, 0.6) is 0 Å². The van der Waals surface area contributed by atoms with E-state index < -0.39 is 43.4 Å². The van der Waals surface area contributed by atoms with Gasteiger partial charge in [0.25, 0.3) is 0 Å². The zero-order valence-electron chi connectivity index (χ0n) is 17.1. The van der Waals surface area contributed by atoms with E-state index in [1.54, 1.807) is 0 Å². The smallest absolute Gasteiger partial charge is 0.309 e. The van der Waals surface area contributed by atoms with Gasteiger partial charge in [-0.2, -0.15) is 0 Å². The molecule has 9 atom stereocenters. The zero-order chi connectivity index (χ0) is 21.3. The first-order valence-electron chi connectivity index (χ1n) is 10.2. The van der Waals surface area contributed by atoms with Gasteiger partial charge in [0.1, 0.15) is 30.5 Å². The van der Waals surface area contributed by atoms with E-state index in [1.165, 1.54) is 5.57 Å². The first kappa shape index (κ1) is 22.4. The molecular formula is C21H32O8. The lowest BCUT2D eigenvalue weighted by Gasteiger charge is -2.41. The summed E-state index contributed by atoms with van der Waals surface area (Å²) in [5, 5.41) is 39.6. The average molecular weight is 412 g/mol. The Bertz CT molecular complexity index is 657. The molecule has 2 aliphatic heterocycles. The summed E-state index contributed by atoms with van der Waals surface area (Å²) in [6, 6.07) is 0. The molecular weight excluding hydrogens is 380 g/mol. The second-order valence-corrected chi connectivity index (χ2v) is 8.41. The van der Waals surface area contributed by atoms with Crippen LogP contribution in [0.3, 0.4) is 0 Å². The monoisotopic (exact) mass is 412 g/mol. The molecule has 0 amide bonds. The number of carbonyl (C=O) groups is 1. The lowest BCUT2D eigenvalue weighted by molar-refractivity contribution is -0.308. The van der Waals surface area contributed by atoms with Crippen LogP contribution in [-0.4, -0.2) is 75.9 Å². The van der Waals surface area contributed by atoms with E-state index in [2.05, 4.69) is 6.08 Å². The number of fused-ring (bicyclic) bond motifs is 1. The molecule has 4 N–H and O–H groups in total. The maximum absolute atomic E-state index is 12.1. The molecule has 29 heavy (non-hydrogen) atoms. The second-order valence-electron chi connectivity index (χ2n) is 8.41. The van der Waals surface area contributed by atoms with Gasteiger partial charge in [0, 0.05) is 5.92 Å². The molecule has 2 heterocycles. The third kappa shape index (κ3) is 4.73. The number of allylic oxidation sites excluding steroid dienone is 1. The Hall–Kier alpha value is -1.29. The van der Waals surface area contributed by atoms with Crippen molar-refractivity contribution >= 4 is 5.97 Å². The van der Waals surface area contributed by atoms with Crippen molar-refractivity contribution in [3.63, 3.8) is 0 Å². The van der Waals surface area contributed by atoms with Crippen LogP contribution in [0.2, 0.25) is 0 Å². The lowest BCUT2D eigenvalue weighted by atomic mass is 9.84. The zero-order valence-corrected chi connectivity index (χ0v) is 17.1. The van der Waals surface area contributed by atoms with Crippen LogP contribution in [0, 0.1) is 11.8 Å². The van der Waals surface area contributed by atoms with E-state index >= 15 is 0 Å². The maximum atomic E-state index is 12.1. The lowest BCUT2D eigenvalue weighted by Crippen LogP contribution is -2.59. The van der Waals surface area contributed by atoms with Gasteiger partial charge in [-0.1, -0.05) is 18.6 Å². The van der Waals surface area contributed by atoms with Crippen LogP contribution in [-0.2, 0) is 19.0 Å². The third-order valence-corrected chi connectivity index (χ3v) is 6.32. The fraction of sp³-hybridized carbons (Fsp3) is 0.762. The molecule has 0 aromatic rings. The molecule has 8 heteroatoms. The molecule has 2 fully saturated rings. The first-order valence-corrected chi connectivity index (χ1v) is 10.2. The average Bonchev–Trinajstić information content (AvgIpc) is 2.95. The van der Waals surface area contributed by atoms with Gasteiger partial charge >= 0.3 is 5.97 Å². The summed E-state index contributed by atoms with van der Waals surface area (Å²) in [5.41, 5.74) is 2.00. The van der Waals surface area contributed by atoms with Crippen LogP contribution in [0.4, 0.5) is 0 Å². The highest BCUT2D eigenvalue weighted by Crippen LogP contribution is 2.36. The highest BCUT2D eigenvalue weighted by Gasteiger charge is 2.45. The largest absolute Gasteiger partial charge is 0.458 e. The van der Waals surface area contributed by atoms with Crippen molar-refractivity contribution in [1.29, 1.82) is 0 Å². The predicted octanol–water partition coefficient (Wildman–Crippen LogP) is 0.426. The van der Waals surface area contributed by atoms with Crippen molar-refractivity contribution in [1.82, 2.24) is 0 Å². The minimum absolute atomic E-state index is 0.0896. The number of aliphatic hydroxyl groups excluding tert-OH is 4. The van der Waals surface area contributed by atoms with Crippen LogP contribution in [0.1, 0.15) is 40.0 Å². The van der Waals surface area contributed by atoms with Crippen LogP contribution in [0.25, 0.3) is 0 Å². The molecule has 8 nitrogen and oxygen atoms in total. The maximum Gasteiger partial charge on any atom is 0.309 e. The number of aliphatic hydroxyl groups is 4. The second kappa shape index (κ2) is 9.24. The summed E-state index contributed by atoms with van der Waals surface area (Å²) >= 11 is 0. The van der Waals surface area contributed by atoms with Gasteiger partial charge < -0.3 is 34.6 Å². The molecule has 0 aromatic carbocycles. The van der Waals surface area contributed by atoms with Gasteiger partial charge in [-0.3, -0.25) is 4.79 Å². The van der Waals surface area contributed by atoms with E-state index in [4.69, 9.17) is 14.2 Å². The highest BCUT2D eigenvalue weighted by molar-refractivity contribution is 5.75. The summed E-state index contributed by atoms with van der Waals surface area (Å²) in [7, 11) is 0. The highest BCUT2D eigenvalue weighted by atomic mass is 16.7. The molecule has 0 bridgehead atoms. The van der Waals surface area contributed by atoms with Crippen molar-refractivity contribution in [3.05, 3.63) is 23.3 Å². The van der Waals surface area contributed by atoms with E-state index in [1.807, 2.05) is 26.8 Å². The molecule has 3 rings (SSSR count). The van der Waals surface area contributed by atoms with Crippen LogP contribution >= 0.6 is 0 Å². The van der Waals surface area contributed by atoms with Crippen molar-refractivity contribution < 1.29 is 39.4 Å². The Morgan fingerprint density at radius 1 is 1.17 bits per heavy atom. The number of ether oxygens (including phenoxy) is 3. The molecule has 0 saturated carbocycles. The van der Waals surface area contributed by atoms with Crippen molar-refractivity contribution in [2.24, 2.45) is 11.8 Å². The van der Waals surface area contributed by atoms with Crippen molar-refractivity contribution in [2.45, 2.75) is 82.9 Å². The number of carbonyl (C=O) groups excluding carboxylic acids is 1. The number of esters is 1. The van der Waals surface area contributed by atoms with E-state index in [9.17, 15) is 25.2 Å². The standard InChI is InChI=1S/C21H32O8/c1-10-4-6-13-12(3)20(26)27-15(13)8-11(2)14(7-5-10)28-21-19(25)18(24)17(23)16(9-22)29-21/h5,8,12-19,21-25H,4,6-7,9H2,1-3H3/b10-5+,11-8+/t12-,13-,14-,15+,16+,17+,18-,19+,21+/m0/s1. The SMILES string of the molecule is C/C1=C\C[C@H](O[C@@H]2O[C@H](CO)[C@@H](O)[C@H](O)[C@H]2O)/C(C)=C/[C@H]2OC(=O)[C@@H](C)[C@@H]2CC1. The van der Waals surface area contributed by atoms with Crippen LogP contribution < -0.4 is 0 Å². The minimum atomic E-state index is -1.49. The van der Waals surface area contributed by atoms with E-state index in [0.29, 0.717) is 6.42 Å². The Morgan fingerprint density at radius 3 is 2.59 bits per heavy atom. The van der Waals surface area contributed by atoms with Gasteiger partial charge in [-0.15, -0.1) is 0 Å². The normalized spacial score (nSPS) is 47.4. The fourth-order valence-corrected chi connectivity index (χ4v) is 4.22. The summed E-state index contributed by atoms with van der Waals surface area (Å²) in [5.74, 6) is -0.274. The fourth-order valence-electron chi connectivity index (χ4n) is 4.22. The van der Waals surface area contributed by atoms with Crippen LogP contribution in [0.15, 0.2) is 23.3 Å². The molecule has 0 unspecified atom stereocenters. The summed E-state index contributed by atoms with van der Waals surface area (Å²) in [6.45, 7) is 5.28. The Kier molecular flexibility index (Phi) is 7.14. The van der Waals surface area contributed by atoms with Crippen molar-refractivity contribution in [3.8, 4) is 0 Å². The molecule has 2 saturated heterocycles. The van der Waals surface area contributed by atoms with Gasteiger partial charge in [0.05, 0.1) is 18.6 Å². The topological polar surface area (TPSA) is 126 Å². The molecule has 0 spiro atoms. The Balaban J connectivity index is 1.82. The van der Waals surface area contributed by atoms with E-state index in [-0.39, 0.29) is 23.9 Å². The quantitative estimate of drug-likeness (QED) is 0.388. The number of hydrogen-bond donors (Lipinski definition) is 4. The van der Waals surface area contributed by atoms with E-state index in [0.717, 1.165) is 18.4 Å². The molecule has 0 radical (unpaired) electrons. The molecule has 164 valence electrons. The van der Waals surface area contributed by atoms with Gasteiger partial charge in [0.2, 0.25) is 0 Å². The van der Waals surface area contributed by atoms with Crippen molar-refractivity contribution in [2.75, 3.05) is 6.61 Å². The summed E-state index contributed by atoms with van der Waals surface area (Å²) in [4.78, 5) is 12.1. The van der Waals surface area contributed by atoms with Gasteiger partial charge in [-0.25, -0.2) is 0 Å². The summed E-state index contributed by atoms with van der Waals surface area (Å²) < 4.78 is 17.0. The summed E-state index contributed by atoms with van der Waals surface area (Å²) in [6.07, 6.45) is -1.25.